The van der Waals surface area contributed by atoms with Crippen molar-refractivity contribution in [2.75, 3.05) is 18.8 Å². The van der Waals surface area contributed by atoms with Gasteiger partial charge in [-0.3, -0.25) is 23.7 Å². The maximum Gasteiger partial charge on any atom is 1.00 e. The van der Waals surface area contributed by atoms with Crippen LogP contribution in [0.5, 0.6) is 0 Å². The van der Waals surface area contributed by atoms with E-state index in [4.69, 9.17) is 40.4 Å². The Bertz CT molecular complexity index is 1740. The Labute approximate surface area is 449 Å². The smallest absolute Gasteiger partial charge is 0.748 e. The maximum absolute atomic E-state index is 10.6. The van der Waals surface area contributed by atoms with E-state index in [9.17, 15) is 27.6 Å². The average Bonchev–Trinajstić information content (AvgIpc) is 3.05. The van der Waals surface area contributed by atoms with Crippen LogP contribution in [0.15, 0.2) is 121 Å². The fourth-order valence-corrected chi connectivity index (χ4v) is 2.69. The van der Waals surface area contributed by atoms with E-state index in [1.54, 1.807) is 27.7 Å². The number of ketones is 4. The molecule has 0 aliphatic heterocycles. The van der Waals surface area contributed by atoms with Crippen LogP contribution in [-0.2, 0) is 35.1 Å². The molecule has 21 heteroatoms. The summed E-state index contributed by atoms with van der Waals surface area (Å²) in [6, 6.07) is 36.9. The molecule has 0 radical (unpaired) electrons. The topological polar surface area (TPSA) is 277 Å². The Morgan fingerprint density at radius 3 is 0.552 bits per heavy atom. The van der Waals surface area contributed by atoms with Crippen molar-refractivity contribution in [1.82, 2.24) is 0 Å². The minimum atomic E-state index is -3.92. The Kier molecular flexibility index (Phi) is 51.0. The molecule has 0 aliphatic carbocycles. The molecule has 4 rings (SSSR count). The molecule has 304 valence electrons. The molecule has 0 bridgehead atoms. The molecule has 0 amide bonds. The van der Waals surface area contributed by atoms with E-state index in [2.05, 4.69) is 0 Å². The summed E-state index contributed by atoms with van der Waals surface area (Å²) in [6.07, 6.45) is 1.92. The van der Waals surface area contributed by atoms with Gasteiger partial charge < -0.3 is 19.0 Å². The molecule has 0 saturated heterocycles. The molecule has 1 N–H and O–H groups in total. The van der Waals surface area contributed by atoms with Crippen LogP contribution in [0, 0.1) is 0 Å². The summed E-state index contributed by atoms with van der Waals surface area (Å²) in [6.45, 7) is 7.23. The van der Waals surface area contributed by atoms with Gasteiger partial charge in [-0.05, 0) is 34.6 Å². The monoisotopic (exact) mass is 926 g/mol. The van der Waals surface area contributed by atoms with Crippen molar-refractivity contribution in [2.45, 2.75) is 34.6 Å². The molecule has 0 unspecified atom stereocenters. The van der Waals surface area contributed by atoms with E-state index in [0.29, 0.717) is 18.8 Å². The van der Waals surface area contributed by atoms with E-state index in [-0.39, 0.29) is 155 Å². The number of benzene rings is 4. The van der Waals surface area contributed by atoms with Gasteiger partial charge in [-0.1, -0.05) is 121 Å². The molecule has 0 fully saturated rings. The maximum atomic E-state index is 10.6. The van der Waals surface area contributed by atoms with Crippen LogP contribution in [0.2, 0.25) is 0 Å². The summed E-state index contributed by atoms with van der Waals surface area (Å²) < 4.78 is 80.3. The van der Waals surface area contributed by atoms with Gasteiger partial charge in [0.25, 0.3) is 10.1 Å². The number of aliphatic carboxylic acids is 1. The van der Waals surface area contributed by atoms with Crippen molar-refractivity contribution in [3.63, 3.8) is 0 Å². The minimum absolute atomic E-state index is 0. The zero-order valence-corrected chi connectivity index (χ0v) is 45.1. The van der Waals surface area contributed by atoms with Gasteiger partial charge >= 0.3 is 132 Å². The molecular formula is C37H45K2NaO15S3. The van der Waals surface area contributed by atoms with Gasteiger partial charge in [0.15, 0.2) is 23.1 Å². The molecule has 0 spiro atoms. The number of Topliss-reactive ketones (excluding diaryl/α,β-unsaturated/α-hetero) is 4. The predicted molar refractivity (Wildman–Crippen MR) is 205 cm³/mol. The van der Waals surface area contributed by atoms with Crippen molar-refractivity contribution in [3.05, 3.63) is 144 Å². The third-order valence-corrected chi connectivity index (χ3v) is 4.72. The molecule has 0 heterocycles. The molecule has 58 heavy (non-hydrogen) atoms. The summed E-state index contributed by atoms with van der Waals surface area (Å²) in [4.78, 5) is 51.5. The Hall–Kier alpha value is -0.967. The number of carbonyl (C=O) groups excluding carboxylic acids is 5. The third-order valence-electron chi connectivity index (χ3n) is 4.72. The number of carboxylic acid groups (broad SMARTS) is 1. The van der Waals surface area contributed by atoms with Crippen LogP contribution in [0.4, 0.5) is 0 Å². The first-order valence-electron chi connectivity index (χ1n) is 15.1. The van der Waals surface area contributed by atoms with Crippen LogP contribution >= 0.6 is 0 Å². The number of hydrogen-bond donors (Lipinski definition) is 1. The van der Waals surface area contributed by atoms with Crippen molar-refractivity contribution >= 4 is 59.5 Å². The standard InChI is InChI=1S/4C8H8O.C2H4O2.3CH4O3S.2K.Na/c4*1-7(9)8-5-3-2-4-6-8;1-2(3)4;3*1-5(2,3)4;;;/h4*2-6H,1H3;1H3,(H,3,4);3*1H3,(H,2,3,4);;;/q;;;;;;;;3*+1/p-3. The molecule has 0 aliphatic rings. The molecule has 4 aromatic carbocycles. The number of carboxylic acids is 1. The molecule has 4 aromatic rings. The van der Waals surface area contributed by atoms with Crippen molar-refractivity contribution < 1.29 is 200 Å². The van der Waals surface area contributed by atoms with Gasteiger partial charge in [-0.2, -0.15) is 8.42 Å². The zero-order chi connectivity index (χ0) is 43.8. The van der Waals surface area contributed by atoms with E-state index < -0.39 is 36.3 Å². The molecular weight excluding hydrogens is 882 g/mol. The Morgan fingerprint density at radius 2 is 0.500 bits per heavy atom. The number of hydrogen-bond acceptors (Lipinski definition) is 14. The largest absolute Gasteiger partial charge is 1.00 e. The average molecular weight is 927 g/mol. The van der Waals surface area contributed by atoms with Crippen molar-refractivity contribution in [3.8, 4) is 0 Å². The van der Waals surface area contributed by atoms with Crippen LogP contribution in [0.3, 0.4) is 0 Å². The van der Waals surface area contributed by atoms with E-state index in [0.717, 1.165) is 29.2 Å². The summed E-state index contributed by atoms with van der Waals surface area (Å²) >= 11 is 0. The second-order valence-electron chi connectivity index (χ2n) is 10.3. The predicted octanol–water partition coefficient (Wildman–Crippen LogP) is -4.85. The fourth-order valence-electron chi connectivity index (χ4n) is 2.69. The SMILES string of the molecule is CC(=O)[O-].CC(=O)c1ccccc1.CC(=O)c1ccccc1.CC(=O)c1ccccc1.CC(=O)c1ccccc1.CS(=O)(=O)O.CS(=O)(=O)[O-].CS(=O)(=O)[O-].[K+].[K+].[Na+]. The first-order chi connectivity index (χ1) is 25.0. The first-order valence-corrected chi connectivity index (χ1v) is 20.6. The first kappa shape index (κ1) is 71.5. The quantitative estimate of drug-likeness (QED) is 0.114. The number of carbonyl (C=O) groups is 5. The zero-order valence-electron chi connectivity index (χ0n) is 34.4. The van der Waals surface area contributed by atoms with Gasteiger partial charge in [0, 0.05) is 40.7 Å². The van der Waals surface area contributed by atoms with Crippen LogP contribution in [-0.4, -0.2) is 86.8 Å². The summed E-state index contributed by atoms with van der Waals surface area (Å²) in [7, 11) is -11.5. The van der Waals surface area contributed by atoms with Crippen LogP contribution in [0.1, 0.15) is 76.1 Å². The fraction of sp³-hybridized carbons (Fsp3) is 0.216. The van der Waals surface area contributed by atoms with Gasteiger partial charge in [0.2, 0.25) is 0 Å². The Morgan fingerprint density at radius 1 is 0.414 bits per heavy atom. The third kappa shape index (κ3) is 72.6. The van der Waals surface area contributed by atoms with E-state index in [1.165, 1.54) is 0 Å². The summed E-state index contributed by atoms with van der Waals surface area (Å²) in [5, 5.41) is 8.89. The van der Waals surface area contributed by atoms with Gasteiger partial charge in [0.1, 0.15) is 0 Å². The molecule has 15 nitrogen and oxygen atoms in total. The number of rotatable bonds is 4. The van der Waals surface area contributed by atoms with Crippen molar-refractivity contribution in [1.29, 1.82) is 0 Å². The summed E-state index contributed by atoms with van der Waals surface area (Å²) in [5.74, 6) is -0.600. The van der Waals surface area contributed by atoms with Gasteiger partial charge in [0.05, 0.1) is 26.5 Å². The second-order valence-corrected chi connectivity index (χ2v) is 14.6. The molecule has 0 atom stereocenters. The van der Waals surface area contributed by atoms with E-state index >= 15 is 0 Å². The minimum Gasteiger partial charge on any atom is -0.748 e. The molecule has 0 saturated carbocycles. The van der Waals surface area contributed by atoms with Crippen LogP contribution < -0.4 is 137 Å². The van der Waals surface area contributed by atoms with Crippen molar-refractivity contribution in [2.24, 2.45) is 0 Å². The van der Waals surface area contributed by atoms with E-state index in [1.807, 2.05) is 121 Å². The second kappa shape index (κ2) is 41.4. The van der Waals surface area contributed by atoms with Crippen LogP contribution in [0.25, 0.3) is 0 Å². The Balaban J connectivity index is -0.000000104. The summed E-state index contributed by atoms with van der Waals surface area (Å²) in [5.41, 5.74) is 3.10. The molecule has 0 aromatic heterocycles. The van der Waals surface area contributed by atoms with Gasteiger partial charge in [-0.15, -0.1) is 0 Å². The van der Waals surface area contributed by atoms with Gasteiger partial charge in [-0.25, -0.2) is 16.8 Å². The normalized spacial score (nSPS) is 9.02.